The summed E-state index contributed by atoms with van der Waals surface area (Å²) in [5.41, 5.74) is -0.467. The van der Waals surface area contributed by atoms with Crippen LogP contribution in [0.4, 0.5) is 4.79 Å². The molecule has 0 spiro atoms. The van der Waals surface area contributed by atoms with Gasteiger partial charge in [0.25, 0.3) is 0 Å². The number of carboxylic acids is 1. The van der Waals surface area contributed by atoms with Crippen molar-refractivity contribution in [2.75, 3.05) is 26.2 Å². The minimum atomic E-state index is -0.665. The summed E-state index contributed by atoms with van der Waals surface area (Å²) in [5, 5.41) is 11.5. The summed E-state index contributed by atoms with van der Waals surface area (Å²) < 4.78 is 5.24. The van der Waals surface area contributed by atoms with Crippen LogP contribution in [0, 0.1) is 11.8 Å². The predicted molar refractivity (Wildman–Crippen MR) is 91.8 cm³/mol. The third-order valence-electron chi connectivity index (χ3n) is 3.95. The van der Waals surface area contributed by atoms with Crippen LogP contribution < -0.4 is 34.9 Å². The molecule has 8 nitrogen and oxygen atoms in total. The normalized spacial score (nSPS) is 22.5. The molecule has 2 saturated heterocycles. The largest absolute Gasteiger partial charge is 1.00 e. The van der Waals surface area contributed by atoms with E-state index in [2.05, 4.69) is 5.32 Å². The Morgan fingerprint density at radius 1 is 1.23 bits per heavy atom. The molecule has 26 heavy (non-hydrogen) atoms. The molecule has 0 saturated carbocycles. The van der Waals surface area contributed by atoms with Gasteiger partial charge in [-0.1, -0.05) is 0 Å². The molecule has 0 aliphatic carbocycles. The third-order valence-corrected chi connectivity index (χ3v) is 3.95. The fourth-order valence-electron chi connectivity index (χ4n) is 2.68. The van der Waals surface area contributed by atoms with Gasteiger partial charge in [0.1, 0.15) is 11.9 Å². The second-order valence-corrected chi connectivity index (χ2v) is 7.35. The number of carbonyl (C=O) groups excluding carboxylic acids is 2. The topological polar surface area (TPSA) is 126 Å². The number of rotatable bonds is 2. The Bertz CT molecular complexity index is 435. The van der Waals surface area contributed by atoms with Gasteiger partial charge in [-0.2, -0.15) is 0 Å². The van der Waals surface area contributed by atoms with Gasteiger partial charge >= 0.3 is 41.6 Å². The molecular weight excluding hydrogens is 351 g/mol. The van der Waals surface area contributed by atoms with Crippen LogP contribution in [0.25, 0.3) is 0 Å². The molecule has 0 aromatic rings. The standard InChI is InChI=1S/C11H19NO3.C6H11NO2.Na.H2O/c1-11(2,3)15-10(14)12-6-4-5-9(7-12)8-13;8-6(9)5-2-1-3-7-4-5;;/h8-9H,4-7H2,1-3H3;5,7H,1-4H2,(H,8,9);;1H2/q;;+1;/p-1/t9-;5-;;/m11../s1. The van der Waals surface area contributed by atoms with E-state index in [1.807, 2.05) is 20.8 Å². The van der Waals surface area contributed by atoms with E-state index in [1.54, 1.807) is 4.90 Å². The number of nitrogens with zero attached hydrogens (tertiary/aromatic N) is 1. The van der Waals surface area contributed by atoms with E-state index in [0.717, 1.165) is 38.5 Å². The molecule has 146 valence electrons. The molecule has 3 N–H and O–H groups in total. The molecule has 0 aromatic carbocycles. The fourth-order valence-corrected chi connectivity index (χ4v) is 2.68. The maximum atomic E-state index is 11.7. The Hall–Kier alpha value is -0.670. The molecule has 0 radical (unpaired) electrons. The van der Waals surface area contributed by atoms with E-state index in [1.165, 1.54) is 0 Å². The van der Waals surface area contributed by atoms with Crippen molar-refractivity contribution in [2.24, 2.45) is 11.8 Å². The number of carboxylic acid groups (broad SMARTS) is 1. The first-order valence-electron chi connectivity index (χ1n) is 8.59. The van der Waals surface area contributed by atoms with Crippen molar-refractivity contribution < 1.29 is 59.3 Å². The maximum Gasteiger partial charge on any atom is 1.00 e. The van der Waals surface area contributed by atoms with E-state index < -0.39 is 11.6 Å². The average molecular weight is 382 g/mol. The van der Waals surface area contributed by atoms with Crippen LogP contribution in [0.5, 0.6) is 0 Å². The average Bonchev–Trinajstić information content (AvgIpc) is 2.55. The second-order valence-electron chi connectivity index (χ2n) is 7.35. The van der Waals surface area contributed by atoms with Crippen LogP contribution in [0.15, 0.2) is 0 Å². The molecule has 2 aliphatic heterocycles. The van der Waals surface area contributed by atoms with Crippen molar-refractivity contribution in [3.63, 3.8) is 0 Å². The summed E-state index contributed by atoms with van der Waals surface area (Å²) in [6.45, 7) is 8.33. The molecule has 2 aliphatic rings. The molecule has 2 rings (SSSR count). The van der Waals surface area contributed by atoms with Gasteiger partial charge in [0.2, 0.25) is 0 Å². The summed E-state index contributed by atoms with van der Waals surface area (Å²) in [4.78, 5) is 34.2. The van der Waals surface area contributed by atoms with Crippen LogP contribution in [-0.4, -0.2) is 65.6 Å². The van der Waals surface area contributed by atoms with Crippen LogP contribution in [0.2, 0.25) is 0 Å². The monoisotopic (exact) mass is 382 g/mol. The molecule has 1 amide bonds. The first-order chi connectivity index (χ1) is 11.2. The number of hydrogen-bond acceptors (Lipinski definition) is 6. The molecule has 0 bridgehead atoms. The van der Waals surface area contributed by atoms with Crippen LogP contribution in [0.3, 0.4) is 0 Å². The third kappa shape index (κ3) is 11.1. The maximum absolute atomic E-state index is 11.7. The van der Waals surface area contributed by atoms with Crippen molar-refractivity contribution in [1.29, 1.82) is 0 Å². The SMILES string of the molecule is CC(C)(C)OC(=O)N1CCC[C@@H](C=O)C1.O=C(O)[C@@H]1CCCNC1.[Na+].[OH-]. The first kappa shape index (κ1) is 27.5. The summed E-state index contributed by atoms with van der Waals surface area (Å²) in [6.07, 6.45) is 4.20. The van der Waals surface area contributed by atoms with Crippen molar-refractivity contribution in [2.45, 2.75) is 52.1 Å². The van der Waals surface area contributed by atoms with Crippen LogP contribution >= 0.6 is 0 Å². The minimum Gasteiger partial charge on any atom is -0.870 e. The quantitative estimate of drug-likeness (QED) is 0.450. The molecule has 2 heterocycles. The van der Waals surface area contributed by atoms with Crippen molar-refractivity contribution >= 4 is 18.3 Å². The van der Waals surface area contributed by atoms with Gasteiger partial charge < -0.3 is 30.3 Å². The Balaban J connectivity index is 0. The van der Waals surface area contributed by atoms with E-state index in [9.17, 15) is 14.4 Å². The van der Waals surface area contributed by atoms with E-state index in [4.69, 9.17) is 9.84 Å². The van der Waals surface area contributed by atoms with Crippen molar-refractivity contribution in [1.82, 2.24) is 10.2 Å². The molecule has 2 fully saturated rings. The number of carbonyl (C=O) groups is 3. The molecule has 0 unspecified atom stereocenters. The van der Waals surface area contributed by atoms with E-state index in [0.29, 0.717) is 19.6 Å². The first-order valence-corrected chi connectivity index (χ1v) is 8.59. The van der Waals surface area contributed by atoms with Crippen molar-refractivity contribution in [3.8, 4) is 0 Å². The zero-order valence-electron chi connectivity index (χ0n) is 16.4. The summed E-state index contributed by atoms with van der Waals surface area (Å²) in [6, 6.07) is 0. The molecule has 9 heteroatoms. The Labute approximate surface area is 177 Å². The van der Waals surface area contributed by atoms with Gasteiger partial charge in [-0.3, -0.25) is 4.79 Å². The Morgan fingerprint density at radius 2 is 1.88 bits per heavy atom. The van der Waals surface area contributed by atoms with E-state index >= 15 is 0 Å². The predicted octanol–water partition coefficient (Wildman–Crippen LogP) is -1.27. The second kappa shape index (κ2) is 13.5. The number of ether oxygens (including phenoxy) is 1. The number of nitrogens with one attached hydrogen (secondary N) is 1. The summed E-state index contributed by atoms with van der Waals surface area (Å²) in [5.74, 6) is -0.827. The molecular formula is C17H31N2NaO6. The number of likely N-dealkylation sites (tertiary alicyclic amines) is 1. The summed E-state index contributed by atoms with van der Waals surface area (Å²) >= 11 is 0. The van der Waals surface area contributed by atoms with Crippen LogP contribution in [0.1, 0.15) is 46.5 Å². The zero-order chi connectivity index (χ0) is 18.2. The smallest absolute Gasteiger partial charge is 0.870 e. The van der Waals surface area contributed by atoms with Gasteiger partial charge in [0, 0.05) is 25.6 Å². The fraction of sp³-hybridized carbons (Fsp3) is 0.824. The van der Waals surface area contributed by atoms with Gasteiger partial charge in [0.05, 0.1) is 5.92 Å². The van der Waals surface area contributed by atoms with Gasteiger partial charge in [-0.15, -0.1) is 0 Å². The summed E-state index contributed by atoms with van der Waals surface area (Å²) in [7, 11) is 0. The van der Waals surface area contributed by atoms with Crippen molar-refractivity contribution in [3.05, 3.63) is 0 Å². The number of amides is 1. The molecule has 0 aromatic heterocycles. The van der Waals surface area contributed by atoms with Gasteiger partial charge in [0.15, 0.2) is 0 Å². The number of piperidine rings is 2. The van der Waals surface area contributed by atoms with E-state index in [-0.39, 0.29) is 53.0 Å². The van der Waals surface area contributed by atoms with Gasteiger partial charge in [-0.25, -0.2) is 4.79 Å². The number of aldehydes is 1. The van der Waals surface area contributed by atoms with Crippen LogP contribution in [-0.2, 0) is 14.3 Å². The Kier molecular flexibility index (Phi) is 14.3. The minimum absolute atomic E-state index is 0. The number of aliphatic carboxylic acids is 1. The Morgan fingerprint density at radius 3 is 2.31 bits per heavy atom. The zero-order valence-corrected chi connectivity index (χ0v) is 18.4. The molecule has 2 atom stereocenters. The number of hydrogen-bond donors (Lipinski definition) is 2. The van der Waals surface area contributed by atoms with Gasteiger partial charge in [-0.05, 0) is 53.0 Å².